The predicted molar refractivity (Wildman–Crippen MR) is 148 cm³/mol. The predicted octanol–water partition coefficient (Wildman–Crippen LogP) is -2.11. The van der Waals surface area contributed by atoms with Gasteiger partial charge < -0.3 is 50.7 Å². The van der Waals surface area contributed by atoms with Crippen LogP contribution in [0, 0.1) is 0 Å². The maximum Gasteiger partial charge on any atom is 0.351 e. The average Bonchev–Trinajstić information content (AvgIpc) is 3.43. The molecule has 2 saturated heterocycles. The number of anilines is 2. The Bertz CT molecular complexity index is 1170. The van der Waals surface area contributed by atoms with Crippen molar-refractivity contribution in [3.05, 3.63) is 45.5 Å². The second-order valence-corrected chi connectivity index (χ2v) is 10.4. The normalized spacial score (nSPS) is 29.2. The van der Waals surface area contributed by atoms with Gasteiger partial charge in [0.05, 0.1) is 13.2 Å². The molecule has 16 heteroatoms. The number of aliphatic hydroxyl groups excluding tert-OH is 6. The molecule has 0 bridgehead atoms. The lowest BCUT2D eigenvalue weighted by molar-refractivity contribution is -0.0549. The van der Waals surface area contributed by atoms with Gasteiger partial charge >= 0.3 is 11.4 Å². The molecule has 2 fully saturated rings. The van der Waals surface area contributed by atoms with Crippen molar-refractivity contribution in [3.63, 3.8) is 0 Å². The lowest BCUT2D eigenvalue weighted by Gasteiger charge is -2.17. The van der Waals surface area contributed by atoms with Crippen LogP contribution in [0.2, 0.25) is 0 Å². The Kier molecular flexibility index (Phi) is 11.4. The first-order valence-electron chi connectivity index (χ1n) is 14.2. The summed E-state index contributed by atoms with van der Waals surface area (Å²) in [6.07, 6.45) is -0.825. The fourth-order valence-corrected chi connectivity index (χ4v) is 5.02. The fourth-order valence-electron chi connectivity index (χ4n) is 5.02. The monoisotopic (exact) mass is 596 g/mol. The molecule has 8 N–H and O–H groups in total. The molecular weight excluding hydrogens is 556 g/mol. The average molecular weight is 597 g/mol. The van der Waals surface area contributed by atoms with E-state index in [1.807, 2.05) is 0 Å². The van der Waals surface area contributed by atoms with Crippen LogP contribution < -0.4 is 22.0 Å². The van der Waals surface area contributed by atoms with Crippen molar-refractivity contribution >= 4 is 11.6 Å². The van der Waals surface area contributed by atoms with E-state index in [4.69, 9.17) is 9.47 Å². The first-order chi connectivity index (χ1) is 20.2. The molecule has 42 heavy (non-hydrogen) atoms. The summed E-state index contributed by atoms with van der Waals surface area (Å²) in [5, 5.41) is 64.6. The van der Waals surface area contributed by atoms with Crippen LogP contribution in [0.1, 0.15) is 51.0 Å². The van der Waals surface area contributed by atoms with Gasteiger partial charge in [-0.2, -0.15) is 9.97 Å². The molecule has 0 radical (unpaired) electrons. The molecule has 4 rings (SSSR count). The van der Waals surface area contributed by atoms with E-state index in [1.54, 1.807) is 12.1 Å². The molecule has 0 aromatic carbocycles. The van der Waals surface area contributed by atoms with Crippen LogP contribution in [0.25, 0.3) is 0 Å². The lowest BCUT2D eigenvalue weighted by atomic mass is 10.1. The van der Waals surface area contributed by atoms with E-state index in [-0.39, 0.29) is 0 Å². The van der Waals surface area contributed by atoms with E-state index in [0.717, 1.165) is 47.7 Å². The highest BCUT2D eigenvalue weighted by molar-refractivity contribution is 5.32. The third-order valence-corrected chi connectivity index (χ3v) is 7.46. The third kappa shape index (κ3) is 7.51. The molecule has 2 aromatic rings. The SMILES string of the molecule is O=c1nc(NCCCCCCCCNc2ccn([C@@H]3O[C@H](CO)[C@@H](O)[C@H]3O)c(=O)n2)ccn1[C@@H]1O[C@H](CO)[C@@H](O)[C@H]1O. The van der Waals surface area contributed by atoms with Crippen molar-refractivity contribution in [2.45, 2.75) is 87.6 Å². The topological polar surface area (TPSA) is 234 Å². The number of unbranched alkanes of at least 4 members (excludes halogenated alkanes) is 5. The minimum Gasteiger partial charge on any atom is -0.394 e. The number of nitrogens with zero attached hydrogens (tertiary/aromatic N) is 4. The van der Waals surface area contributed by atoms with Crippen LogP contribution >= 0.6 is 0 Å². The van der Waals surface area contributed by atoms with Gasteiger partial charge in [0.25, 0.3) is 0 Å². The van der Waals surface area contributed by atoms with Gasteiger partial charge in [-0.25, -0.2) is 9.59 Å². The number of nitrogens with one attached hydrogen (secondary N) is 2. The summed E-state index contributed by atoms with van der Waals surface area (Å²) in [5.41, 5.74) is -1.28. The number of aromatic nitrogens is 4. The molecule has 2 aliphatic rings. The van der Waals surface area contributed by atoms with Crippen molar-refractivity contribution in [1.29, 1.82) is 0 Å². The van der Waals surface area contributed by atoms with Crippen molar-refractivity contribution < 1.29 is 40.1 Å². The zero-order valence-electron chi connectivity index (χ0n) is 23.1. The van der Waals surface area contributed by atoms with Gasteiger partial charge in [-0.15, -0.1) is 0 Å². The quantitative estimate of drug-likeness (QED) is 0.103. The van der Waals surface area contributed by atoms with E-state index in [1.165, 1.54) is 12.4 Å². The molecular formula is C26H40N6O10. The molecule has 0 saturated carbocycles. The fraction of sp³-hybridized carbons (Fsp3) is 0.692. The number of aliphatic hydroxyl groups is 6. The number of rotatable bonds is 15. The molecule has 16 nitrogen and oxygen atoms in total. The molecule has 2 aliphatic heterocycles. The summed E-state index contributed by atoms with van der Waals surface area (Å²) in [6, 6.07) is 3.17. The highest BCUT2D eigenvalue weighted by atomic mass is 16.6. The first-order valence-corrected chi connectivity index (χ1v) is 14.2. The van der Waals surface area contributed by atoms with Crippen molar-refractivity contribution in [3.8, 4) is 0 Å². The molecule has 8 atom stereocenters. The second-order valence-electron chi connectivity index (χ2n) is 10.4. The largest absolute Gasteiger partial charge is 0.394 e. The Morgan fingerprint density at radius 3 is 1.36 bits per heavy atom. The molecule has 0 aliphatic carbocycles. The minimum absolute atomic E-state index is 0.397. The van der Waals surface area contributed by atoms with Crippen LogP contribution in [-0.4, -0.2) is 113 Å². The Morgan fingerprint density at radius 2 is 1.02 bits per heavy atom. The smallest absolute Gasteiger partial charge is 0.351 e. The highest BCUT2D eigenvalue weighted by Gasteiger charge is 2.44. The zero-order chi connectivity index (χ0) is 30.2. The molecule has 0 unspecified atom stereocenters. The van der Waals surface area contributed by atoms with Gasteiger partial charge in [-0.05, 0) is 25.0 Å². The number of hydrogen-bond donors (Lipinski definition) is 8. The summed E-state index contributed by atoms with van der Waals surface area (Å²) >= 11 is 0. The summed E-state index contributed by atoms with van der Waals surface area (Å²) in [7, 11) is 0. The van der Waals surface area contributed by atoms with Crippen LogP contribution in [0.3, 0.4) is 0 Å². The number of hydrogen-bond acceptors (Lipinski definition) is 14. The van der Waals surface area contributed by atoms with E-state index >= 15 is 0 Å². The minimum atomic E-state index is -1.35. The maximum atomic E-state index is 12.4. The molecule has 234 valence electrons. The van der Waals surface area contributed by atoms with E-state index < -0.39 is 73.7 Å². The van der Waals surface area contributed by atoms with Crippen molar-refractivity contribution in [1.82, 2.24) is 19.1 Å². The molecule has 0 spiro atoms. The van der Waals surface area contributed by atoms with Gasteiger partial charge in [0.2, 0.25) is 0 Å². The Hall–Kier alpha value is -2.96. The second kappa shape index (κ2) is 15.0. The highest BCUT2D eigenvalue weighted by Crippen LogP contribution is 2.29. The van der Waals surface area contributed by atoms with Gasteiger partial charge in [0.1, 0.15) is 48.3 Å². The number of ether oxygens (including phenoxy) is 2. The summed E-state index contributed by atoms with van der Waals surface area (Å²) in [4.78, 5) is 32.7. The van der Waals surface area contributed by atoms with Gasteiger partial charge in [0, 0.05) is 25.5 Å². The Morgan fingerprint density at radius 1 is 0.643 bits per heavy atom. The van der Waals surface area contributed by atoms with Gasteiger partial charge in [0.15, 0.2) is 12.5 Å². The van der Waals surface area contributed by atoms with Crippen LogP contribution in [0.15, 0.2) is 34.1 Å². The van der Waals surface area contributed by atoms with Gasteiger partial charge in [-0.3, -0.25) is 9.13 Å². The van der Waals surface area contributed by atoms with Crippen molar-refractivity contribution in [2.75, 3.05) is 36.9 Å². The van der Waals surface area contributed by atoms with Crippen LogP contribution in [0.5, 0.6) is 0 Å². The standard InChI is InChI=1S/C26H40N6O10/c33-13-15-19(35)21(37)23(41-15)31-11-7-17(29-25(31)39)27-9-5-3-1-2-4-6-10-28-18-8-12-32(26(40)30-18)24-22(38)20(36)16(14-34)42-24/h7-8,11-12,15-16,19-24,33-38H,1-6,9-10,13-14H2,(H,27,29,39)(H,28,30,40)/t15-,16-,19-,20-,21-,22-,23-,24-/m1/s1. The summed E-state index contributed by atoms with van der Waals surface area (Å²) in [5.74, 6) is 0.795. The summed E-state index contributed by atoms with van der Waals surface area (Å²) < 4.78 is 12.9. The molecule has 0 amide bonds. The van der Waals surface area contributed by atoms with E-state index in [0.29, 0.717) is 24.7 Å². The summed E-state index contributed by atoms with van der Waals surface area (Å²) in [6.45, 7) is 0.304. The Balaban J connectivity index is 1.08. The van der Waals surface area contributed by atoms with Gasteiger partial charge in [-0.1, -0.05) is 25.7 Å². The first kappa shape index (κ1) is 32.0. The van der Waals surface area contributed by atoms with Crippen LogP contribution in [0.4, 0.5) is 11.6 Å². The zero-order valence-corrected chi connectivity index (χ0v) is 23.1. The molecule has 4 heterocycles. The van der Waals surface area contributed by atoms with Crippen LogP contribution in [-0.2, 0) is 9.47 Å². The maximum absolute atomic E-state index is 12.4. The van der Waals surface area contributed by atoms with E-state index in [9.17, 15) is 40.2 Å². The Labute approximate surface area is 241 Å². The molecule has 2 aromatic heterocycles. The third-order valence-electron chi connectivity index (χ3n) is 7.46. The lowest BCUT2D eigenvalue weighted by Crippen LogP contribution is -2.36. The van der Waals surface area contributed by atoms with E-state index in [2.05, 4.69) is 20.6 Å². The van der Waals surface area contributed by atoms with Crippen molar-refractivity contribution in [2.24, 2.45) is 0 Å².